The Morgan fingerprint density at radius 3 is 2.94 bits per heavy atom. The number of aryl methyl sites for hydroxylation is 1. The van der Waals surface area contributed by atoms with Crippen molar-refractivity contribution in [1.29, 1.82) is 0 Å². The van der Waals surface area contributed by atoms with Gasteiger partial charge in [-0.15, -0.1) is 5.10 Å². The molecule has 0 aliphatic rings. The number of aromatic nitrogens is 4. The summed E-state index contributed by atoms with van der Waals surface area (Å²) in [7, 11) is 1.59. The largest absolute Gasteiger partial charge is 0.494 e. The number of nitrogen functional groups attached to an aromatic ring is 1. The summed E-state index contributed by atoms with van der Waals surface area (Å²) in [5, 5.41) is 11.7. The summed E-state index contributed by atoms with van der Waals surface area (Å²) in [5.74, 6) is 1.29. The predicted octanol–water partition coefficient (Wildman–Crippen LogP) is 1.34. The van der Waals surface area contributed by atoms with Gasteiger partial charge in [0.15, 0.2) is 11.6 Å². The van der Waals surface area contributed by atoms with E-state index < -0.39 is 0 Å². The molecule has 17 heavy (non-hydrogen) atoms. The van der Waals surface area contributed by atoms with E-state index in [1.165, 1.54) is 0 Å². The molecule has 2 rings (SSSR count). The van der Waals surface area contributed by atoms with Crippen molar-refractivity contribution in [3.05, 3.63) is 18.2 Å². The molecule has 0 saturated heterocycles. The van der Waals surface area contributed by atoms with Gasteiger partial charge in [0.25, 0.3) is 0 Å². The van der Waals surface area contributed by atoms with E-state index in [1.807, 2.05) is 12.1 Å². The number of anilines is 1. The summed E-state index contributed by atoms with van der Waals surface area (Å²) >= 11 is 0. The Morgan fingerprint density at radius 2 is 2.24 bits per heavy atom. The Labute approximate surface area is 99.4 Å². The lowest BCUT2D eigenvalue weighted by Crippen LogP contribution is -2.03. The molecule has 0 unspecified atom stereocenters. The van der Waals surface area contributed by atoms with Crippen molar-refractivity contribution in [2.24, 2.45) is 0 Å². The summed E-state index contributed by atoms with van der Waals surface area (Å²) < 4.78 is 7.05. The summed E-state index contributed by atoms with van der Waals surface area (Å²) in [5.41, 5.74) is 7.25. The first-order valence-electron chi connectivity index (χ1n) is 5.47. The van der Waals surface area contributed by atoms with Gasteiger partial charge in [-0.25, -0.2) is 4.68 Å². The molecule has 2 aromatic rings. The van der Waals surface area contributed by atoms with Crippen LogP contribution in [0.25, 0.3) is 11.4 Å². The van der Waals surface area contributed by atoms with E-state index in [2.05, 4.69) is 22.4 Å². The van der Waals surface area contributed by atoms with Gasteiger partial charge in [0.2, 0.25) is 0 Å². The first-order chi connectivity index (χ1) is 8.27. The van der Waals surface area contributed by atoms with Gasteiger partial charge in [0, 0.05) is 6.54 Å². The zero-order valence-electron chi connectivity index (χ0n) is 9.92. The fourth-order valence-electron chi connectivity index (χ4n) is 1.72. The van der Waals surface area contributed by atoms with E-state index >= 15 is 0 Å². The lowest BCUT2D eigenvalue weighted by Gasteiger charge is -2.10. The fourth-order valence-corrected chi connectivity index (χ4v) is 1.72. The molecule has 0 fully saturated rings. The molecule has 0 radical (unpaired) electrons. The van der Waals surface area contributed by atoms with Gasteiger partial charge in [-0.2, -0.15) is 0 Å². The van der Waals surface area contributed by atoms with Crippen LogP contribution in [0.2, 0.25) is 0 Å². The molecule has 0 atom stereocenters. The number of ether oxygens (including phenoxy) is 1. The number of benzene rings is 1. The maximum Gasteiger partial charge on any atom is 0.185 e. The number of tetrazole rings is 1. The van der Waals surface area contributed by atoms with Crippen molar-refractivity contribution in [2.75, 3.05) is 12.8 Å². The van der Waals surface area contributed by atoms with Gasteiger partial charge >= 0.3 is 0 Å². The van der Waals surface area contributed by atoms with Crippen LogP contribution in [0.3, 0.4) is 0 Å². The number of hydrogen-bond acceptors (Lipinski definition) is 5. The second-order valence-corrected chi connectivity index (χ2v) is 3.65. The minimum absolute atomic E-state index is 0.580. The first-order valence-corrected chi connectivity index (χ1v) is 5.47. The van der Waals surface area contributed by atoms with Crippen molar-refractivity contribution in [3.8, 4) is 17.1 Å². The van der Waals surface area contributed by atoms with Crippen LogP contribution in [0.1, 0.15) is 13.3 Å². The van der Waals surface area contributed by atoms with Gasteiger partial charge in [-0.1, -0.05) is 13.0 Å². The van der Waals surface area contributed by atoms with Crippen LogP contribution in [-0.4, -0.2) is 27.3 Å². The Morgan fingerprint density at radius 1 is 1.41 bits per heavy atom. The maximum atomic E-state index is 5.86. The number of hydrogen-bond donors (Lipinski definition) is 1. The molecular weight excluding hydrogens is 218 g/mol. The third-order valence-electron chi connectivity index (χ3n) is 2.46. The minimum Gasteiger partial charge on any atom is -0.494 e. The number of methoxy groups -OCH3 is 1. The third-order valence-corrected chi connectivity index (χ3v) is 2.46. The minimum atomic E-state index is 0.580. The lowest BCUT2D eigenvalue weighted by atomic mass is 10.1. The zero-order valence-corrected chi connectivity index (χ0v) is 9.92. The van der Waals surface area contributed by atoms with Crippen LogP contribution >= 0.6 is 0 Å². The van der Waals surface area contributed by atoms with E-state index in [4.69, 9.17) is 10.5 Å². The van der Waals surface area contributed by atoms with E-state index in [-0.39, 0.29) is 0 Å². The normalized spacial score (nSPS) is 10.5. The Bertz CT molecular complexity index is 508. The van der Waals surface area contributed by atoms with Crippen LogP contribution < -0.4 is 10.5 Å². The highest BCUT2D eigenvalue weighted by Gasteiger charge is 2.15. The molecule has 0 saturated carbocycles. The Kier molecular flexibility index (Phi) is 3.22. The summed E-state index contributed by atoms with van der Waals surface area (Å²) in [6.07, 6.45) is 0.961. The number of para-hydroxylation sites is 1. The lowest BCUT2D eigenvalue weighted by molar-refractivity contribution is 0.418. The van der Waals surface area contributed by atoms with E-state index in [0.717, 1.165) is 18.5 Å². The SMILES string of the molecule is CCCn1nnnc1-c1cccc(N)c1OC. The topological polar surface area (TPSA) is 78.9 Å². The predicted molar refractivity (Wildman–Crippen MR) is 64.5 cm³/mol. The molecule has 6 heteroatoms. The van der Waals surface area contributed by atoms with Crippen molar-refractivity contribution < 1.29 is 4.74 Å². The Balaban J connectivity index is 2.52. The van der Waals surface area contributed by atoms with Crippen LogP contribution in [0, 0.1) is 0 Å². The Hall–Kier alpha value is -2.11. The fraction of sp³-hybridized carbons (Fsp3) is 0.364. The average molecular weight is 233 g/mol. The monoisotopic (exact) mass is 233 g/mol. The third kappa shape index (κ3) is 2.06. The van der Waals surface area contributed by atoms with Gasteiger partial charge < -0.3 is 10.5 Å². The zero-order chi connectivity index (χ0) is 12.3. The number of nitrogens with zero attached hydrogens (tertiary/aromatic N) is 4. The highest BCUT2D eigenvalue weighted by molar-refractivity contribution is 5.73. The molecule has 1 aromatic carbocycles. The molecule has 2 N–H and O–H groups in total. The van der Waals surface area contributed by atoms with Crippen molar-refractivity contribution in [2.45, 2.75) is 19.9 Å². The quantitative estimate of drug-likeness (QED) is 0.806. The van der Waals surface area contributed by atoms with Gasteiger partial charge in [-0.3, -0.25) is 0 Å². The second-order valence-electron chi connectivity index (χ2n) is 3.65. The van der Waals surface area contributed by atoms with E-state index in [0.29, 0.717) is 17.3 Å². The highest BCUT2D eigenvalue weighted by Crippen LogP contribution is 2.33. The molecule has 0 aliphatic heterocycles. The molecule has 1 aromatic heterocycles. The van der Waals surface area contributed by atoms with Crippen LogP contribution in [0.15, 0.2) is 18.2 Å². The molecule has 0 spiro atoms. The van der Waals surface area contributed by atoms with E-state index in [1.54, 1.807) is 17.9 Å². The summed E-state index contributed by atoms with van der Waals surface area (Å²) in [6, 6.07) is 5.54. The number of rotatable bonds is 4. The second kappa shape index (κ2) is 4.82. The molecule has 0 aliphatic carbocycles. The van der Waals surface area contributed by atoms with Gasteiger partial charge in [-0.05, 0) is 29.0 Å². The van der Waals surface area contributed by atoms with Crippen molar-refractivity contribution >= 4 is 5.69 Å². The maximum absolute atomic E-state index is 5.86. The van der Waals surface area contributed by atoms with Gasteiger partial charge in [0.1, 0.15) is 0 Å². The molecule has 90 valence electrons. The average Bonchev–Trinajstić information content (AvgIpc) is 2.77. The first kappa shape index (κ1) is 11.4. The number of nitrogens with two attached hydrogens (primary N) is 1. The smallest absolute Gasteiger partial charge is 0.185 e. The van der Waals surface area contributed by atoms with Crippen molar-refractivity contribution in [3.63, 3.8) is 0 Å². The molecule has 6 nitrogen and oxygen atoms in total. The molecule has 0 bridgehead atoms. The van der Waals surface area contributed by atoms with Crippen LogP contribution in [0.5, 0.6) is 5.75 Å². The van der Waals surface area contributed by atoms with E-state index in [9.17, 15) is 0 Å². The molecule has 1 heterocycles. The van der Waals surface area contributed by atoms with Crippen LogP contribution in [-0.2, 0) is 6.54 Å². The summed E-state index contributed by atoms with van der Waals surface area (Å²) in [6.45, 7) is 2.84. The van der Waals surface area contributed by atoms with Crippen molar-refractivity contribution in [1.82, 2.24) is 20.2 Å². The highest BCUT2D eigenvalue weighted by atomic mass is 16.5. The van der Waals surface area contributed by atoms with Crippen LogP contribution in [0.4, 0.5) is 5.69 Å². The molecule has 0 amide bonds. The standard InChI is InChI=1S/C11H15N5O/c1-3-7-16-11(13-14-15-16)8-5-4-6-9(12)10(8)17-2/h4-6H,3,7,12H2,1-2H3. The summed E-state index contributed by atoms with van der Waals surface area (Å²) in [4.78, 5) is 0. The van der Waals surface area contributed by atoms with Gasteiger partial charge in [0.05, 0.1) is 18.4 Å². The molecular formula is C11H15N5O.